The van der Waals surface area contributed by atoms with Gasteiger partial charge in [0.25, 0.3) is 0 Å². The number of nitrogens with one attached hydrogen (secondary N) is 1. The first-order valence-electron chi connectivity index (χ1n) is 5.71. The molecular weight excluding hydrogens is 284 g/mol. The van der Waals surface area contributed by atoms with Crippen LogP contribution in [0.4, 0.5) is 0 Å². The SMILES string of the molecule is Cc1ncc(CN(C)S(=O)(=O)c2c(C)n[nH]c2C)s1. The Bertz CT molecular complexity index is 668. The van der Waals surface area contributed by atoms with Crippen molar-refractivity contribution in [1.82, 2.24) is 19.5 Å². The van der Waals surface area contributed by atoms with Crippen molar-refractivity contribution < 1.29 is 8.42 Å². The van der Waals surface area contributed by atoms with Crippen LogP contribution < -0.4 is 0 Å². The van der Waals surface area contributed by atoms with Crippen LogP contribution in [-0.2, 0) is 16.6 Å². The van der Waals surface area contributed by atoms with E-state index < -0.39 is 10.0 Å². The van der Waals surface area contributed by atoms with Crippen LogP contribution >= 0.6 is 11.3 Å². The van der Waals surface area contributed by atoms with Gasteiger partial charge in [-0.15, -0.1) is 11.3 Å². The predicted octanol–water partition coefficient (Wildman–Crippen LogP) is 1.61. The third-order valence-electron chi connectivity index (χ3n) is 2.78. The van der Waals surface area contributed by atoms with Crippen molar-refractivity contribution in [2.75, 3.05) is 7.05 Å². The molecule has 0 aliphatic rings. The van der Waals surface area contributed by atoms with Gasteiger partial charge < -0.3 is 0 Å². The number of aromatic nitrogens is 3. The minimum atomic E-state index is -3.53. The molecule has 0 aliphatic heterocycles. The van der Waals surface area contributed by atoms with Crippen molar-refractivity contribution in [3.05, 3.63) is 27.5 Å². The van der Waals surface area contributed by atoms with E-state index in [4.69, 9.17) is 0 Å². The first kappa shape index (κ1) is 14.2. The third kappa shape index (κ3) is 2.70. The summed E-state index contributed by atoms with van der Waals surface area (Å²) in [7, 11) is -1.96. The summed E-state index contributed by atoms with van der Waals surface area (Å²) in [6.45, 7) is 5.60. The lowest BCUT2D eigenvalue weighted by Crippen LogP contribution is -2.27. The molecule has 2 aromatic heterocycles. The second-order valence-corrected chi connectivity index (χ2v) is 7.67. The largest absolute Gasteiger partial charge is 0.281 e. The molecule has 0 radical (unpaired) electrons. The van der Waals surface area contributed by atoms with E-state index in [1.54, 1.807) is 27.1 Å². The topological polar surface area (TPSA) is 79.0 Å². The van der Waals surface area contributed by atoms with Gasteiger partial charge in [-0.3, -0.25) is 5.10 Å². The van der Waals surface area contributed by atoms with E-state index >= 15 is 0 Å². The standard InChI is InChI=1S/C11H16N4O2S2/c1-7-11(8(2)14-13-7)19(16,17)15(4)6-10-5-12-9(3)18-10/h5H,6H2,1-4H3,(H,13,14). The summed E-state index contributed by atoms with van der Waals surface area (Å²) in [5.41, 5.74) is 1.05. The molecule has 0 amide bonds. The summed E-state index contributed by atoms with van der Waals surface area (Å²) >= 11 is 1.50. The molecule has 0 unspecified atom stereocenters. The number of thiazole rings is 1. The monoisotopic (exact) mass is 300 g/mol. The van der Waals surface area contributed by atoms with E-state index in [9.17, 15) is 8.42 Å². The maximum Gasteiger partial charge on any atom is 0.246 e. The van der Waals surface area contributed by atoms with E-state index in [0.717, 1.165) is 9.88 Å². The van der Waals surface area contributed by atoms with Crippen molar-refractivity contribution in [3.8, 4) is 0 Å². The number of aryl methyl sites for hydroxylation is 3. The molecule has 0 saturated heterocycles. The number of rotatable bonds is 4. The van der Waals surface area contributed by atoms with Gasteiger partial charge >= 0.3 is 0 Å². The highest BCUT2D eigenvalue weighted by Crippen LogP contribution is 2.23. The molecule has 1 N–H and O–H groups in total. The van der Waals surface area contributed by atoms with Crippen LogP contribution in [0.5, 0.6) is 0 Å². The fourth-order valence-corrected chi connectivity index (χ4v) is 4.26. The van der Waals surface area contributed by atoms with Crippen LogP contribution in [0.3, 0.4) is 0 Å². The molecule has 0 atom stereocenters. The molecule has 0 fully saturated rings. The zero-order valence-corrected chi connectivity index (χ0v) is 12.9. The fraction of sp³-hybridized carbons (Fsp3) is 0.455. The molecule has 0 spiro atoms. The molecule has 0 aromatic carbocycles. The van der Waals surface area contributed by atoms with E-state index in [2.05, 4.69) is 15.2 Å². The first-order chi connectivity index (χ1) is 8.82. The molecule has 2 rings (SSSR count). The number of hydrogen-bond acceptors (Lipinski definition) is 5. The number of H-pyrrole nitrogens is 1. The molecular formula is C11H16N4O2S2. The molecule has 0 saturated carbocycles. The van der Waals surface area contributed by atoms with Crippen molar-refractivity contribution in [2.45, 2.75) is 32.2 Å². The average molecular weight is 300 g/mol. The second kappa shape index (κ2) is 5.03. The van der Waals surface area contributed by atoms with Crippen molar-refractivity contribution in [2.24, 2.45) is 0 Å². The smallest absolute Gasteiger partial charge is 0.246 e. The lowest BCUT2D eigenvalue weighted by molar-refractivity contribution is 0.468. The minimum Gasteiger partial charge on any atom is -0.281 e. The highest BCUT2D eigenvalue weighted by molar-refractivity contribution is 7.89. The Labute approximate surface area is 116 Å². The predicted molar refractivity (Wildman–Crippen MR) is 73.6 cm³/mol. The summed E-state index contributed by atoms with van der Waals surface area (Å²) in [4.78, 5) is 5.31. The number of sulfonamides is 1. The molecule has 8 heteroatoms. The first-order valence-corrected chi connectivity index (χ1v) is 7.97. The van der Waals surface area contributed by atoms with E-state index in [1.165, 1.54) is 15.6 Å². The van der Waals surface area contributed by atoms with Crippen LogP contribution in [0.2, 0.25) is 0 Å². The van der Waals surface area contributed by atoms with Crippen LogP contribution in [0, 0.1) is 20.8 Å². The van der Waals surface area contributed by atoms with Crippen molar-refractivity contribution in [3.63, 3.8) is 0 Å². The number of nitrogens with zero attached hydrogens (tertiary/aromatic N) is 3. The Hall–Kier alpha value is -1.25. The van der Waals surface area contributed by atoms with E-state index in [0.29, 0.717) is 17.9 Å². The average Bonchev–Trinajstić information content (AvgIpc) is 2.85. The Morgan fingerprint density at radius 2 is 2.05 bits per heavy atom. The van der Waals surface area contributed by atoms with Gasteiger partial charge in [0.1, 0.15) is 4.90 Å². The van der Waals surface area contributed by atoms with Gasteiger partial charge in [-0.25, -0.2) is 13.4 Å². The summed E-state index contributed by atoms with van der Waals surface area (Å²) in [5.74, 6) is 0. The van der Waals surface area contributed by atoms with Gasteiger partial charge in [-0.2, -0.15) is 9.40 Å². The third-order valence-corrected chi connectivity index (χ3v) is 5.74. The normalized spacial score (nSPS) is 12.3. The van der Waals surface area contributed by atoms with Crippen LogP contribution in [0.1, 0.15) is 21.3 Å². The van der Waals surface area contributed by atoms with Crippen molar-refractivity contribution in [1.29, 1.82) is 0 Å². The minimum absolute atomic E-state index is 0.260. The summed E-state index contributed by atoms with van der Waals surface area (Å²) in [6, 6.07) is 0. The zero-order valence-electron chi connectivity index (χ0n) is 11.3. The Morgan fingerprint density at radius 1 is 1.37 bits per heavy atom. The van der Waals surface area contributed by atoms with Crippen LogP contribution in [0.15, 0.2) is 11.1 Å². The van der Waals surface area contributed by atoms with Crippen molar-refractivity contribution >= 4 is 21.4 Å². The number of aromatic amines is 1. The van der Waals surface area contributed by atoms with Gasteiger partial charge in [0.2, 0.25) is 10.0 Å². The fourth-order valence-electron chi connectivity index (χ4n) is 1.86. The summed E-state index contributed by atoms with van der Waals surface area (Å²) in [6.07, 6.45) is 1.71. The molecule has 0 aliphatic carbocycles. The number of hydrogen-bond donors (Lipinski definition) is 1. The van der Waals surface area contributed by atoms with E-state index in [1.807, 2.05) is 6.92 Å². The van der Waals surface area contributed by atoms with Gasteiger partial charge in [-0.05, 0) is 20.8 Å². The molecule has 2 heterocycles. The Kier molecular flexibility index (Phi) is 3.75. The maximum atomic E-state index is 12.5. The Balaban J connectivity index is 2.30. The molecule has 6 nitrogen and oxygen atoms in total. The summed E-state index contributed by atoms with van der Waals surface area (Å²) < 4.78 is 26.3. The lowest BCUT2D eigenvalue weighted by atomic mass is 10.4. The van der Waals surface area contributed by atoms with Gasteiger partial charge in [0.05, 0.1) is 16.4 Å². The van der Waals surface area contributed by atoms with E-state index in [-0.39, 0.29) is 4.90 Å². The summed E-state index contributed by atoms with van der Waals surface area (Å²) in [5, 5.41) is 7.56. The van der Waals surface area contributed by atoms with Gasteiger partial charge in [0.15, 0.2) is 0 Å². The molecule has 2 aromatic rings. The quantitative estimate of drug-likeness (QED) is 0.930. The molecule has 0 bridgehead atoms. The van der Waals surface area contributed by atoms with Crippen LogP contribution in [-0.4, -0.2) is 35.0 Å². The van der Waals surface area contributed by atoms with Crippen LogP contribution in [0.25, 0.3) is 0 Å². The highest BCUT2D eigenvalue weighted by atomic mass is 32.2. The second-order valence-electron chi connectivity index (χ2n) is 4.37. The highest BCUT2D eigenvalue weighted by Gasteiger charge is 2.27. The van der Waals surface area contributed by atoms with Gasteiger partial charge in [-0.1, -0.05) is 0 Å². The zero-order chi connectivity index (χ0) is 14.2. The molecule has 104 valence electrons. The Morgan fingerprint density at radius 3 is 2.53 bits per heavy atom. The van der Waals surface area contributed by atoms with Gasteiger partial charge in [0, 0.05) is 24.7 Å². The molecule has 19 heavy (non-hydrogen) atoms. The maximum absolute atomic E-state index is 12.5. The lowest BCUT2D eigenvalue weighted by Gasteiger charge is -2.16.